The van der Waals surface area contributed by atoms with Gasteiger partial charge in [0.1, 0.15) is 36.4 Å². The van der Waals surface area contributed by atoms with Gasteiger partial charge in [0.15, 0.2) is 0 Å². The zero-order chi connectivity index (χ0) is 96.5. The van der Waals surface area contributed by atoms with Gasteiger partial charge < -0.3 is 72.1 Å². The Balaban J connectivity index is 0.000000170. The van der Waals surface area contributed by atoms with E-state index in [1.54, 1.807) is 54.2 Å². The van der Waals surface area contributed by atoms with E-state index in [9.17, 15) is 64.5 Å². The Hall–Kier alpha value is -8.42. The molecule has 0 unspecified atom stereocenters. The van der Waals surface area contributed by atoms with Crippen molar-refractivity contribution < 1.29 is 79.0 Å². The van der Waals surface area contributed by atoms with E-state index in [2.05, 4.69) is 126 Å². The second kappa shape index (κ2) is 42.7. The fraction of sp³-hybridized carbons (Fsp3) is 0.607. The third kappa shape index (κ3) is 22.4. The minimum absolute atomic E-state index is 0.0298. The van der Waals surface area contributed by atoms with Crippen molar-refractivity contribution in [1.82, 2.24) is 51.6 Å². The minimum Gasteiger partial charge on any atom is -0.478 e. The molecule has 26 atom stereocenters. The first kappa shape index (κ1) is 102. The van der Waals surface area contributed by atoms with E-state index in [1.807, 2.05) is 156 Å². The molecule has 12 fully saturated rings. The van der Waals surface area contributed by atoms with Crippen LogP contribution in [0.5, 0.6) is 0 Å². The molecule has 0 spiro atoms. The highest BCUT2D eigenvalue weighted by Crippen LogP contribution is 2.64. The Labute approximate surface area is 788 Å². The molecule has 18 rings (SSSR count). The van der Waals surface area contributed by atoms with Crippen LogP contribution in [0.2, 0.25) is 0 Å². The molecule has 12 N–H and O–H groups in total. The SMILES string of the molecule is CC(C)[C@H](CN(C)C)NC(=O)c1cccc(-c2cccc(CN3O[C@@H](CO)[C@@H]([C@H](C)O)[C@H]3C(=O)N[C@H]3C[C@H]4C[C@@H]([C@@H]3C)C4(C)C)c2)c1.CC(C)[C@H](CN(C)C)NC(=O)c1cccc(-c2cccc(CN3O[C@@H](CO)[C@@H]([C@H](C)O)[C@H]3C(=O)N[C@H]3C[C@H]4C[C@@H]([C@@H]3C)C4(C)C)c2)c1.C[C@@H]1[C@@H](NC(=O)[C@@H]2[C@H]([C@H](C)O)[C@H](CO)ON2Cc2cccc(-c3cccc(C(=O)O)c3)c2)C[C@H]2C[C@@H]1C2(C)C. The summed E-state index contributed by atoms with van der Waals surface area (Å²) in [6.45, 7) is 35.6. The summed E-state index contributed by atoms with van der Waals surface area (Å²) in [6, 6.07) is 43.7. The molecule has 726 valence electrons. The van der Waals surface area contributed by atoms with Gasteiger partial charge in [0.05, 0.1) is 63.3 Å². The smallest absolute Gasteiger partial charge is 0.335 e. The number of hydroxylamine groups is 6. The Morgan fingerprint density at radius 1 is 0.391 bits per heavy atom. The van der Waals surface area contributed by atoms with Gasteiger partial charge in [-0.05, 0) is 273 Å². The summed E-state index contributed by atoms with van der Waals surface area (Å²) < 4.78 is 0. The number of carboxylic acid groups (broad SMARTS) is 1. The zero-order valence-corrected chi connectivity index (χ0v) is 82.0. The van der Waals surface area contributed by atoms with Crippen LogP contribution in [-0.4, -0.2) is 242 Å². The fourth-order valence-electron chi connectivity index (χ4n) is 24.2. The number of benzene rings is 6. The quantitative estimate of drug-likeness (QED) is 0.0187. The van der Waals surface area contributed by atoms with Gasteiger partial charge in [-0.1, -0.05) is 181 Å². The van der Waals surface area contributed by atoms with Crippen molar-refractivity contribution in [3.63, 3.8) is 0 Å². The fourth-order valence-corrected chi connectivity index (χ4v) is 24.2. The molecule has 3 saturated heterocycles. The van der Waals surface area contributed by atoms with Crippen molar-refractivity contribution in [3.05, 3.63) is 179 Å². The molecule has 0 radical (unpaired) electrons. The molecule has 12 aliphatic rings. The molecule has 3 heterocycles. The summed E-state index contributed by atoms with van der Waals surface area (Å²) in [7, 11) is 8.02. The standard InChI is InChI=1S/2C38H56N4O5.C31H40N2O6/c2*1-22(2)32(20-41(7)8)40-36(45)28-14-10-13-27(16-28)26-12-9-11-25(15-26)19-42-35(34(24(4)44)33(21-43)47-42)37(46)39-31-18-29-17-30(23(31)3)38(29,5)6;1-17-24-13-23(31(24,3)4)14-25(17)32-29(36)28-27(18(2)35)26(16-34)39-33(28)15-19-7-5-8-20(11-19)21-9-6-10-22(12-21)30(37)38/h2*9-16,22-24,29-35,43-44H,17-21H2,1-8H3,(H,39,46)(H,40,45);5-12,17-18,23-28,34-35H,13-16H2,1-4H3,(H,32,36)(H,37,38)/t2*23-,24-,29+,30-,31-,32-,33-,34+,35-;17-,18-,23+,24-,25-,26-,27+,28-/m000/s1. The molecule has 6 aromatic carbocycles. The number of fused-ring (bicyclic) bond motifs is 6. The number of aliphatic hydroxyl groups excluding tert-OH is 6. The third-order valence-corrected chi connectivity index (χ3v) is 32.7. The molecule has 133 heavy (non-hydrogen) atoms. The lowest BCUT2D eigenvalue weighted by atomic mass is 9.45. The van der Waals surface area contributed by atoms with Crippen LogP contribution in [0, 0.1) is 99.1 Å². The third-order valence-electron chi connectivity index (χ3n) is 32.7. The van der Waals surface area contributed by atoms with Crippen LogP contribution >= 0.6 is 0 Å². The predicted octanol–water partition coefficient (Wildman–Crippen LogP) is 12.4. The molecule has 26 heteroatoms. The lowest BCUT2D eigenvalue weighted by Crippen LogP contribution is -2.62. The van der Waals surface area contributed by atoms with E-state index in [0.29, 0.717) is 106 Å². The number of carbonyl (C=O) groups is 6. The highest BCUT2D eigenvalue weighted by atomic mass is 16.7. The van der Waals surface area contributed by atoms with E-state index >= 15 is 0 Å². The Morgan fingerprint density at radius 2 is 0.647 bits per heavy atom. The van der Waals surface area contributed by atoms with Crippen molar-refractivity contribution in [1.29, 1.82) is 0 Å². The lowest BCUT2D eigenvalue weighted by molar-refractivity contribution is -0.183. The highest BCUT2D eigenvalue weighted by molar-refractivity contribution is 5.97. The first-order valence-electron chi connectivity index (χ1n) is 48.7. The molecular weight excluding hydrogens is 1680 g/mol. The molecule has 5 amide bonds. The lowest BCUT2D eigenvalue weighted by Gasteiger charge is -2.62. The van der Waals surface area contributed by atoms with Gasteiger partial charge in [-0.2, -0.15) is 15.2 Å². The number of aliphatic hydroxyl groups is 6. The van der Waals surface area contributed by atoms with Crippen molar-refractivity contribution in [2.24, 2.45) is 99.1 Å². The number of hydrogen-bond acceptors (Lipinski definition) is 20. The molecule has 6 bridgehead atoms. The molecule has 0 aromatic heterocycles. The molecule has 9 saturated carbocycles. The Morgan fingerprint density at radius 3 is 0.880 bits per heavy atom. The highest BCUT2D eigenvalue weighted by Gasteiger charge is 2.61. The van der Waals surface area contributed by atoms with Crippen LogP contribution in [0.25, 0.3) is 33.4 Å². The number of aromatic carboxylic acids is 1. The number of carboxylic acids is 1. The second-order valence-electron chi connectivity index (χ2n) is 43.5. The molecule has 6 aromatic rings. The van der Waals surface area contributed by atoms with Crippen LogP contribution in [-0.2, 0) is 48.5 Å². The first-order chi connectivity index (χ1) is 62.9. The van der Waals surface area contributed by atoms with E-state index < -0.39 is 78.5 Å². The Bertz CT molecular complexity index is 4810. The first-order valence-corrected chi connectivity index (χ1v) is 48.7. The normalized spacial score (nSPS) is 30.5. The van der Waals surface area contributed by atoms with Gasteiger partial charge in [-0.25, -0.2) is 4.79 Å². The average molecular weight is 1830 g/mol. The number of amides is 5. The molecule has 9 aliphatic carbocycles. The zero-order valence-electron chi connectivity index (χ0n) is 82.0. The van der Waals surface area contributed by atoms with Crippen LogP contribution < -0.4 is 26.6 Å². The van der Waals surface area contributed by atoms with Gasteiger partial charge in [0, 0.05) is 72.2 Å². The van der Waals surface area contributed by atoms with Gasteiger partial charge in [0.25, 0.3) is 11.8 Å². The summed E-state index contributed by atoms with van der Waals surface area (Å²) in [4.78, 5) is 102. The number of nitrogens with zero attached hydrogens (tertiary/aromatic N) is 5. The van der Waals surface area contributed by atoms with E-state index in [4.69, 9.17) is 14.5 Å². The van der Waals surface area contributed by atoms with E-state index in [-0.39, 0.29) is 91.7 Å². The molecule has 26 nitrogen and oxygen atoms in total. The summed E-state index contributed by atoms with van der Waals surface area (Å²) >= 11 is 0. The maximum atomic E-state index is 14.0. The van der Waals surface area contributed by atoms with Crippen molar-refractivity contribution in [2.75, 3.05) is 61.1 Å². The van der Waals surface area contributed by atoms with Crippen LogP contribution in [0.4, 0.5) is 0 Å². The largest absolute Gasteiger partial charge is 0.478 e. The minimum atomic E-state index is -0.986. The van der Waals surface area contributed by atoms with Gasteiger partial charge >= 0.3 is 5.97 Å². The van der Waals surface area contributed by atoms with Gasteiger partial charge in [-0.15, -0.1) is 0 Å². The van der Waals surface area contributed by atoms with Gasteiger partial charge in [0.2, 0.25) is 17.7 Å². The number of carbonyl (C=O) groups excluding carboxylic acids is 5. The maximum Gasteiger partial charge on any atom is 0.335 e. The Kier molecular flexibility index (Phi) is 32.7. The second-order valence-corrected chi connectivity index (χ2v) is 43.5. The monoisotopic (exact) mass is 1830 g/mol. The topological polar surface area (TPSA) is 348 Å². The number of nitrogens with one attached hydrogen (secondary N) is 5. The summed E-state index contributed by atoms with van der Waals surface area (Å²) in [5.74, 6) is 1.80. The summed E-state index contributed by atoms with van der Waals surface area (Å²) in [5.41, 5.74) is 10.3. The number of likely N-dealkylation sites (N-methyl/N-ethyl adjacent to an activating group) is 2. The summed E-state index contributed by atoms with van der Waals surface area (Å²) in [6.07, 6.45) is 1.88. The van der Waals surface area contributed by atoms with Gasteiger partial charge in [-0.3, -0.25) is 38.5 Å². The number of hydrogen-bond donors (Lipinski definition) is 12. The molecular formula is C107H152N10O16. The van der Waals surface area contributed by atoms with E-state index in [1.165, 1.54) is 19.3 Å². The van der Waals surface area contributed by atoms with Crippen LogP contribution in [0.15, 0.2) is 146 Å². The average Bonchev–Trinajstić information content (AvgIpc) is 0.955. The van der Waals surface area contributed by atoms with Crippen LogP contribution in [0.1, 0.15) is 197 Å². The predicted molar refractivity (Wildman–Crippen MR) is 515 cm³/mol. The van der Waals surface area contributed by atoms with E-state index in [0.717, 1.165) is 82.4 Å². The van der Waals surface area contributed by atoms with Crippen LogP contribution in [0.3, 0.4) is 0 Å². The maximum absolute atomic E-state index is 14.0. The van der Waals surface area contributed by atoms with Crippen molar-refractivity contribution in [2.45, 2.75) is 254 Å². The van der Waals surface area contributed by atoms with Crippen molar-refractivity contribution in [3.8, 4) is 33.4 Å². The molecule has 3 aliphatic heterocycles. The summed E-state index contributed by atoms with van der Waals surface area (Å²) in [5, 5.41) is 93.3. The number of rotatable bonds is 32. The van der Waals surface area contributed by atoms with Crippen molar-refractivity contribution >= 4 is 35.5 Å².